The minimum absolute atomic E-state index is 0.202. The van der Waals surface area contributed by atoms with E-state index in [4.69, 9.17) is 10.5 Å². The van der Waals surface area contributed by atoms with Crippen LogP contribution in [0.15, 0.2) is 24.5 Å². The lowest BCUT2D eigenvalue weighted by atomic mass is 10.1. The van der Waals surface area contributed by atoms with E-state index in [1.54, 1.807) is 23.7 Å². The van der Waals surface area contributed by atoms with Gasteiger partial charge in [0.15, 0.2) is 5.82 Å². The fourth-order valence-corrected chi connectivity index (χ4v) is 1.92. The molecule has 108 valence electrons. The van der Waals surface area contributed by atoms with Crippen molar-refractivity contribution in [2.24, 2.45) is 5.73 Å². The summed E-state index contributed by atoms with van der Waals surface area (Å²) in [4.78, 5) is 4.13. The predicted octanol–water partition coefficient (Wildman–Crippen LogP) is 2.60. The summed E-state index contributed by atoms with van der Waals surface area (Å²) in [6.07, 6.45) is 1.48. The quantitative estimate of drug-likeness (QED) is 0.913. The molecule has 0 saturated carbocycles. The Kier molecular flexibility index (Phi) is 4.34. The number of nitrogens with two attached hydrogens (primary N) is 1. The molecule has 0 bridgehead atoms. The second-order valence-electron chi connectivity index (χ2n) is 4.98. The van der Waals surface area contributed by atoms with Crippen LogP contribution < -0.4 is 10.5 Å². The van der Waals surface area contributed by atoms with Crippen LogP contribution in [0.4, 0.5) is 4.39 Å². The molecular formula is C14H19FN4O. The van der Waals surface area contributed by atoms with Gasteiger partial charge in [-0.1, -0.05) is 6.07 Å². The molecule has 1 unspecified atom stereocenters. The zero-order valence-corrected chi connectivity index (χ0v) is 11.9. The third-order valence-corrected chi connectivity index (χ3v) is 2.97. The Morgan fingerprint density at radius 3 is 2.70 bits per heavy atom. The molecule has 20 heavy (non-hydrogen) atoms. The maximum atomic E-state index is 13.8. The van der Waals surface area contributed by atoms with Crippen molar-refractivity contribution in [1.29, 1.82) is 0 Å². The fraction of sp³-hybridized carbons (Fsp3) is 0.429. The second kappa shape index (κ2) is 6.00. The third-order valence-electron chi connectivity index (χ3n) is 2.97. The molecule has 0 aliphatic carbocycles. The molecule has 1 aromatic carbocycles. The summed E-state index contributed by atoms with van der Waals surface area (Å²) in [6.45, 7) is 6.00. The lowest BCUT2D eigenvalue weighted by molar-refractivity contribution is 0.281. The van der Waals surface area contributed by atoms with Crippen LogP contribution in [-0.2, 0) is 6.61 Å². The molecule has 1 heterocycles. The van der Waals surface area contributed by atoms with Gasteiger partial charge in [-0.25, -0.2) is 14.1 Å². The molecule has 2 N–H and O–H groups in total. The fourth-order valence-electron chi connectivity index (χ4n) is 1.92. The smallest absolute Gasteiger partial charge is 0.165 e. The number of aromatic nitrogens is 3. The van der Waals surface area contributed by atoms with Crippen molar-refractivity contribution in [2.45, 2.75) is 39.5 Å². The van der Waals surface area contributed by atoms with Crippen molar-refractivity contribution in [2.75, 3.05) is 0 Å². The Morgan fingerprint density at radius 1 is 1.35 bits per heavy atom. The highest BCUT2D eigenvalue weighted by Gasteiger charge is 2.10. The number of nitrogens with zero attached hydrogens (tertiary/aromatic N) is 3. The second-order valence-corrected chi connectivity index (χ2v) is 4.98. The molecule has 5 nitrogen and oxygen atoms in total. The van der Waals surface area contributed by atoms with Crippen molar-refractivity contribution in [3.05, 3.63) is 41.7 Å². The van der Waals surface area contributed by atoms with Crippen LogP contribution in [-0.4, -0.2) is 14.8 Å². The Morgan fingerprint density at radius 2 is 2.10 bits per heavy atom. The number of halogens is 1. The SMILES string of the molecule is CC(N)c1ccc(OCc2ncnn2C(C)C)cc1F. The van der Waals surface area contributed by atoms with Crippen molar-refractivity contribution in [3.63, 3.8) is 0 Å². The van der Waals surface area contributed by atoms with E-state index in [0.717, 1.165) is 0 Å². The molecule has 2 aromatic rings. The Hall–Kier alpha value is -1.95. The lowest BCUT2D eigenvalue weighted by Crippen LogP contribution is -2.11. The zero-order valence-electron chi connectivity index (χ0n) is 11.9. The summed E-state index contributed by atoms with van der Waals surface area (Å²) < 4.78 is 21.1. The summed E-state index contributed by atoms with van der Waals surface area (Å²) >= 11 is 0. The van der Waals surface area contributed by atoms with Gasteiger partial charge in [0.2, 0.25) is 0 Å². The van der Waals surface area contributed by atoms with E-state index in [1.165, 1.54) is 12.4 Å². The van der Waals surface area contributed by atoms with Gasteiger partial charge in [-0.05, 0) is 26.8 Å². The van der Waals surface area contributed by atoms with Crippen molar-refractivity contribution in [3.8, 4) is 5.75 Å². The summed E-state index contributed by atoms with van der Waals surface area (Å²) in [6, 6.07) is 4.55. The van der Waals surface area contributed by atoms with Gasteiger partial charge in [-0.15, -0.1) is 0 Å². The van der Waals surface area contributed by atoms with Crippen LogP contribution in [0.5, 0.6) is 5.75 Å². The average molecular weight is 278 g/mol. The molecule has 6 heteroatoms. The first kappa shape index (κ1) is 14.5. The van der Waals surface area contributed by atoms with Crippen LogP contribution >= 0.6 is 0 Å². The van der Waals surface area contributed by atoms with Crippen LogP contribution in [0.25, 0.3) is 0 Å². The van der Waals surface area contributed by atoms with Gasteiger partial charge < -0.3 is 10.5 Å². The summed E-state index contributed by atoms with van der Waals surface area (Å²) in [7, 11) is 0. The van der Waals surface area contributed by atoms with E-state index >= 15 is 0 Å². The minimum atomic E-state index is -0.358. The van der Waals surface area contributed by atoms with Gasteiger partial charge in [-0.3, -0.25) is 0 Å². The van der Waals surface area contributed by atoms with Gasteiger partial charge in [0.25, 0.3) is 0 Å². The monoisotopic (exact) mass is 278 g/mol. The number of hydrogen-bond acceptors (Lipinski definition) is 4. The molecule has 2 rings (SSSR count). The Balaban J connectivity index is 2.08. The lowest BCUT2D eigenvalue weighted by Gasteiger charge is -2.12. The third kappa shape index (κ3) is 3.14. The standard InChI is InChI=1S/C14H19FN4O/c1-9(2)19-14(17-8-18-19)7-20-11-4-5-12(10(3)16)13(15)6-11/h4-6,8-10H,7,16H2,1-3H3. The maximum Gasteiger partial charge on any atom is 0.165 e. The van der Waals surface area contributed by atoms with Crippen molar-refractivity contribution in [1.82, 2.24) is 14.8 Å². The van der Waals surface area contributed by atoms with E-state index in [9.17, 15) is 4.39 Å². The first-order valence-electron chi connectivity index (χ1n) is 6.55. The Labute approximate surface area is 117 Å². The Bertz CT molecular complexity index is 580. The summed E-state index contributed by atoms with van der Waals surface area (Å²) in [5, 5.41) is 4.12. The molecule has 0 aliphatic rings. The molecule has 0 amide bonds. The minimum Gasteiger partial charge on any atom is -0.486 e. The molecule has 0 spiro atoms. The highest BCUT2D eigenvalue weighted by molar-refractivity contribution is 5.30. The molecule has 0 aliphatic heterocycles. The summed E-state index contributed by atoms with van der Waals surface area (Å²) in [5.74, 6) is 0.796. The molecule has 0 fully saturated rings. The zero-order chi connectivity index (χ0) is 14.7. The van der Waals surface area contributed by atoms with Crippen molar-refractivity contribution >= 4 is 0 Å². The van der Waals surface area contributed by atoms with E-state index in [1.807, 2.05) is 13.8 Å². The number of benzene rings is 1. The summed E-state index contributed by atoms with van der Waals surface area (Å²) in [5.41, 5.74) is 6.14. The van der Waals surface area contributed by atoms with E-state index in [2.05, 4.69) is 10.1 Å². The number of rotatable bonds is 5. The van der Waals surface area contributed by atoms with Crippen LogP contribution in [0.2, 0.25) is 0 Å². The van der Waals surface area contributed by atoms with E-state index in [-0.39, 0.29) is 24.5 Å². The molecule has 0 radical (unpaired) electrons. The highest BCUT2D eigenvalue weighted by Crippen LogP contribution is 2.21. The largest absolute Gasteiger partial charge is 0.486 e. The van der Waals surface area contributed by atoms with E-state index < -0.39 is 0 Å². The van der Waals surface area contributed by atoms with Gasteiger partial charge in [0.1, 0.15) is 24.5 Å². The number of hydrogen-bond donors (Lipinski definition) is 1. The van der Waals surface area contributed by atoms with Crippen LogP contribution in [0.3, 0.4) is 0 Å². The van der Waals surface area contributed by atoms with Gasteiger partial charge in [0.05, 0.1) is 0 Å². The van der Waals surface area contributed by atoms with Crippen LogP contribution in [0.1, 0.15) is 44.2 Å². The molecule has 1 aromatic heterocycles. The van der Waals surface area contributed by atoms with Crippen molar-refractivity contribution < 1.29 is 9.13 Å². The average Bonchev–Trinajstić information content (AvgIpc) is 2.84. The number of ether oxygens (including phenoxy) is 1. The van der Waals surface area contributed by atoms with Crippen LogP contribution in [0, 0.1) is 5.82 Å². The first-order valence-corrected chi connectivity index (χ1v) is 6.55. The predicted molar refractivity (Wildman–Crippen MR) is 73.7 cm³/mol. The highest BCUT2D eigenvalue weighted by atomic mass is 19.1. The topological polar surface area (TPSA) is 66.0 Å². The molecule has 0 saturated heterocycles. The first-order chi connectivity index (χ1) is 9.49. The maximum absolute atomic E-state index is 13.8. The normalized spacial score (nSPS) is 12.7. The van der Waals surface area contributed by atoms with E-state index in [0.29, 0.717) is 17.1 Å². The molecular weight excluding hydrogens is 259 g/mol. The van der Waals surface area contributed by atoms with Gasteiger partial charge in [0, 0.05) is 23.7 Å². The van der Waals surface area contributed by atoms with Gasteiger partial charge >= 0.3 is 0 Å². The van der Waals surface area contributed by atoms with Gasteiger partial charge in [-0.2, -0.15) is 5.10 Å². The molecule has 1 atom stereocenters.